The second-order valence-electron chi connectivity index (χ2n) is 7.68. The minimum Gasteiger partial charge on any atom is -0.438 e. The van der Waals surface area contributed by atoms with Gasteiger partial charge in [0.25, 0.3) is 5.56 Å². The van der Waals surface area contributed by atoms with Gasteiger partial charge in [-0.2, -0.15) is 0 Å². The molecule has 4 rings (SSSR count). The highest BCUT2D eigenvalue weighted by Crippen LogP contribution is 2.40. The molecule has 0 aliphatic rings. The Morgan fingerprint density at radius 2 is 1.88 bits per heavy atom. The van der Waals surface area contributed by atoms with E-state index in [1.807, 2.05) is 5.38 Å². The highest BCUT2D eigenvalue weighted by atomic mass is 32.2. The first-order valence-corrected chi connectivity index (χ1v) is 12.6. The zero-order valence-corrected chi connectivity index (χ0v) is 20.1. The van der Waals surface area contributed by atoms with Crippen molar-refractivity contribution in [1.29, 1.82) is 0 Å². The standard InChI is InChI=1S/C23H22FN3O4S2/c1-5-33(29,30)26-16-10-18(19-12-27(4)23(28)17-6-7-32-21(17)19)22(25-11-16)31-20-13(2)8-15(24)9-14(20)3/h6-12,26H,5H2,1-4H3. The highest BCUT2D eigenvalue weighted by molar-refractivity contribution is 7.92. The number of nitrogens with one attached hydrogen (secondary N) is 1. The number of ether oxygens (including phenoxy) is 1. The zero-order valence-electron chi connectivity index (χ0n) is 18.5. The molecule has 0 aliphatic heterocycles. The van der Waals surface area contributed by atoms with Crippen molar-refractivity contribution in [2.24, 2.45) is 7.05 Å². The van der Waals surface area contributed by atoms with Crippen LogP contribution in [0.2, 0.25) is 0 Å². The van der Waals surface area contributed by atoms with Crippen LogP contribution in [0.25, 0.3) is 21.2 Å². The molecule has 10 heteroatoms. The van der Waals surface area contributed by atoms with Gasteiger partial charge >= 0.3 is 0 Å². The molecule has 7 nitrogen and oxygen atoms in total. The quantitative estimate of drug-likeness (QED) is 0.415. The van der Waals surface area contributed by atoms with E-state index in [9.17, 15) is 17.6 Å². The first-order chi connectivity index (χ1) is 15.6. The van der Waals surface area contributed by atoms with Crippen LogP contribution in [0.1, 0.15) is 18.1 Å². The summed E-state index contributed by atoms with van der Waals surface area (Å²) in [6.07, 6.45) is 3.04. The van der Waals surface area contributed by atoms with Crippen LogP contribution >= 0.6 is 11.3 Å². The van der Waals surface area contributed by atoms with Gasteiger partial charge in [0.2, 0.25) is 15.9 Å². The third kappa shape index (κ3) is 4.49. The summed E-state index contributed by atoms with van der Waals surface area (Å²) in [6, 6.07) is 6.12. The second kappa shape index (κ2) is 8.60. The Morgan fingerprint density at radius 1 is 1.18 bits per heavy atom. The van der Waals surface area contributed by atoms with Crippen molar-refractivity contribution in [2.45, 2.75) is 20.8 Å². The fourth-order valence-electron chi connectivity index (χ4n) is 3.57. The van der Waals surface area contributed by atoms with Gasteiger partial charge in [-0.1, -0.05) is 0 Å². The maximum atomic E-state index is 13.8. The van der Waals surface area contributed by atoms with Gasteiger partial charge < -0.3 is 9.30 Å². The molecule has 1 aromatic carbocycles. The van der Waals surface area contributed by atoms with Crippen molar-refractivity contribution in [3.8, 4) is 22.8 Å². The molecule has 0 saturated carbocycles. The summed E-state index contributed by atoms with van der Waals surface area (Å²) in [5, 5.41) is 2.36. The number of thiophene rings is 1. The predicted molar refractivity (Wildman–Crippen MR) is 129 cm³/mol. The van der Waals surface area contributed by atoms with Gasteiger partial charge in [-0.15, -0.1) is 11.3 Å². The van der Waals surface area contributed by atoms with Gasteiger partial charge in [0.05, 0.1) is 23.0 Å². The minimum atomic E-state index is -3.53. The van der Waals surface area contributed by atoms with Crippen LogP contribution in [-0.4, -0.2) is 23.7 Å². The van der Waals surface area contributed by atoms with Gasteiger partial charge in [-0.25, -0.2) is 17.8 Å². The van der Waals surface area contributed by atoms with E-state index in [1.54, 1.807) is 39.2 Å². The van der Waals surface area contributed by atoms with E-state index in [0.29, 0.717) is 33.4 Å². The summed E-state index contributed by atoms with van der Waals surface area (Å²) < 4.78 is 48.9. The van der Waals surface area contributed by atoms with Crippen molar-refractivity contribution in [2.75, 3.05) is 10.5 Å². The Hall–Kier alpha value is -3.24. The van der Waals surface area contributed by atoms with Gasteiger partial charge in [0.15, 0.2) is 0 Å². The third-order valence-corrected chi connectivity index (χ3v) is 7.46. The van der Waals surface area contributed by atoms with Gasteiger partial charge in [0.1, 0.15) is 11.6 Å². The number of benzene rings is 1. The van der Waals surface area contributed by atoms with E-state index in [2.05, 4.69) is 9.71 Å². The molecule has 172 valence electrons. The largest absolute Gasteiger partial charge is 0.438 e. The Bertz CT molecular complexity index is 1520. The number of rotatable bonds is 6. The molecule has 4 aromatic rings. The summed E-state index contributed by atoms with van der Waals surface area (Å²) in [5.41, 5.74) is 2.48. The Labute approximate surface area is 194 Å². The van der Waals surface area contributed by atoms with E-state index < -0.39 is 10.0 Å². The molecule has 0 aliphatic carbocycles. The molecule has 0 atom stereocenters. The molecule has 0 spiro atoms. The monoisotopic (exact) mass is 487 g/mol. The minimum absolute atomic E-state index is 0.0937. The molecule has 0 amide bonds. The average molecular weight is 488 g/mol. The van der Waals surface area contributed by atoms with Crippen molar-refractivity contribution < 1.29 is 17.5 Å². The third-order valence-electron chi connectivity index (χ3n) is 5.20. The molecule has 33 heavy (non-hydrogen) atoms. The van der Waals surface area contributed by atoms with E-state index in [4.69, 9.17) is 4.74 Å². The summed E-state index contributed by atoms with van der Waals surface area (Å²) in [7, 11) is -1.89. The Balaban J connectivity index is 1.95. The number of aromatic nitrogens is 2. The lowest BCUT2D eigenvalue weighted by Crippen LogP contribution is -2.16. The van der Waals surface area contributed by atoms with Crippen molar-refractivity contribution in [3.05, 3.63) is 69.3 Å². The predicted octanol–water partition coefficient (Wildman–Crippen LogP) is 4.97. The smallest absolute Gasteiger partial charge is 0.259 e. The van der Waals surface area contributed by atoms with E-state index in [-0.39, 0.29) is 28.7 Å². The SMILES string of the molecule is CCS(=O)(=O)Nc1cnc(Oc2c(C)cc(F)cc2C)c(-c2cn(C)c(=O)c3ccsc23)c1. The number of halogens is 1. The van der Waals surface area contributed by atoms with Crippen molar-refractivity contribution >= 4 is 37.1 Å². The molecule has 1 N–H and O–H groups in total. The van der Waals surface area contributed by atoms with Gasteiger partial charge in [-0.3, -0.25) is 9.52 Å². The average Bonchev–Trinajstić information content (AvgIpc) is 3.24. The summed E-state index contributed by atoms with van der Waals surface area (Å²) in [4.78, 5) is 17.0. The lowest BCUT2D eigenvalue weighted by Gasteiger charge is -2.16. The van der Waals surface area contributed by atoms with Crippen LogP contribution in [0.4, 0.5) is 10.1 Å². The number of aryl methyl sites for hydroxylation is 3. The molecule has 0 unspecified atom stereocenters. The number of anilines is 1. The second-order valence-corrected chi connectivity index (χ2v) is 10.6. The molecule has 0 radical (unpaired) electrons. The lowest BCUT2D eigenvalue weighted by atomic mass is 10.1. The zero-order chi connectivity index (χ0) is 23.9. The molecular weight excluding hydrogens is 465 g/mol. The lowest BCUT2D eigenvalue weighted by molar-refractivity contribution is 0.456. The number of pyridine rings is 2. The van der Waals surface area contributed by atoms with E-state index in [0.717, 1.165) is 4.70 Å². The van der Waals surface area contributed by atoms with Crippen LogP contribution < -0.4 is 15.0 Å². The van der Waals surface area contributed by atoms with Crippen LogP contribution in [0.15, 0.2) is 46.8 Å². The first-order valence-electron chi connectivity index (χ1n) is 10.1. The van der Waals surface area contributed by atoms with Crippen LogP contribution in [0, 0.1) is 19.7 Å². The van der Waals surface area contributed by atoms with Crippen LogP contribution in [0.3, 0.4) is 0 Å². The number of fused-ring (bicyclic) bond motifs is 1. The highest BCUT2D eigenvalue weighted by Gasteiger charge is 2.19. The van der Waals surface area contributed by atoms with E-state index in [1.165, 1.54) is 41.2 Å². The number of sulfonamides is 1. The topological polar surface area (TPSA) is 90.3 Å². The maximum absolute atomic E-state index is 13.8. The summed E-state index contributed by atoms with van der Waals surface area (Å²) in [6.45, 7) is 5.01. The molecular formula is C23H22FN3O4S2. The molecule has 0 bridgehead atoms. The molecule has 0 saturated heterocycles. The van der Waals surface area contributed by atoms with Gasteiger partial charge in [0, 0.05) is 29.1 Å². The van der Waals surface area contributed by atoms with Crippen LogP contribution in [0.5, 0.6) is 11.6 Å². The molecule has 0 fully saturated rings. The Kier molecular flexibility index (Phi) is 5.98. The van der Waals surface area contributed by atoms with Crippen LogP contribution in [-0.2, 0) is 17.1 Å². The summed E-state index contributed by atoms with van der Waals surface area (Å²) in [5.74, 6) is 0.205. The normalized spacial score (nSPS) is 11.7. The number of hydrogen-bond donors (Lipinski definition) is 1. The fraction of sp³-hybridized carbons (Fsp3) is 0.217. The fourth-order valence-corrected chi connectivity index (χ4v) is 5.10. The van der Waals surface area contributed by atoms with Gasteiger partial charge in [-0.05, 0) is 61.5 Å². The van der Waals surface area contributed by atoms with Crippen molar-refractivity contribution in [1.82, 2.24) is 9.55 Å². The molecule has 3 aromatic heterocycles. The van der Waals surface area contributed by atoms with Crippen molar-refractivity contribution in [3.63, 3.8) is 0 Å². The number of nitrogens with zero attached hydrogens (tertiary/aromatic N) is 2. The Morgan fingerprint density at radius 3 is 2.55 bits per heavy atom. The molecule has 3 heterocycles. The maximum Gasteiger partial charge on any atom is 0.259 e. The first kappa shape index (κ1) is 22.9. The van der Waals surface area contributed by atoms with E-state index >= 15 is 0 Å². The number of hydrogen-bond acceptors (Lipinski definition) is 6. The summed E-state index contributed by atoms with van der Waals surface area (Å²) >= 11 is 1.39.